The Kier molecular flexibility index (Phi) is 2.90. The molecule has 1 saturated carbocycles. The third kappa shape index (κ3) is 2.68. The van der Waals surface area contributed by atoms with Crippen LogP contribution in [0.5, 0.6) is 0 Å². The lowest BCUT2D eigenvalue weighted by Gasteiger charge is -2.27. The number of carbonyl (C=O) groups excluding carboxylic acids is 2. The number of hydrogen-bond donors (Lipinski definition) is 2. The molecule has 2 aliphatic rings. The number of rotatable bonds is 3. The molecule has 15 heavy (non-hydrogen) atoms. The van der Waals surface area contributed by atoms with Crippen molar-refractivity contribution in [2.24, 2.45) is 5.92 Å². The molecule has 2 amide bonds. The van der Waals surface area contributed by atoms with E-state index < -0.39 is 0 Å². The molecule has 2 rings (SSSR count). The van der Waals surface area contributed by atoms with Gasteiger partial charge in [-0.25, -0.2) is 0 Å². The average Bonchev–Trinajstić information content (AvgIpc) is 3.02. The highest BCUT2D eigenvalue weighted by Crippen LogP contribution is 2.29. The molecule has 5 heteroatoms. The van der Waals surface area contributed by atoms with E-state index in [0.717, 1.165) is 6.54 Å². The zero-order valence-corrected chi connectivity index (χ0v) is 8.95. The molecular formula is C10H17N3O2. The van der Waals surface area contributed by atoms with Crippen molar-refractivity contribution >= 4 is 11.8 Å². The molecule has 2 N–H and O–H groups in total. The SMILES string of the molecule is CN(CC1CC1)C(=O)C1CNC(=O)CN1. The zero-order valence-electron chi connectivity index (χ0n) is 8.95. The summed E-state index contributed by atoms with van der Waals surface area (Å²) in [6, 6.07) is -0.244. The Morgan fingerprint density at radius 2 is 2.27 bits per heavy atom. The van der Waals surface area contributed by atoms with Gasteiger partial charge in [0.15, 0.2) is 0 Å². The van der Waals surface area contributed by atoms with E-state index in [9.17, 15) is 9.59 Å². The summed E-state index contributed by atoms with van der Waals surface area (Å²) >= 11 is 0. The van der Waals surface area contributed by atoms with Crippen molar-refractivity contribution < 1.29 is 9.59 Å². The fraction of sp³-hybridized carbons (Fsp3) is 0.800. The van der Waals surface area contributed by atoms with Gasteiger partial charge in [-0.3, -0.25) is 14.9 Å². The lowest BCUT2D eigenvalue weighted by atomic mass is 10.2. The van der Waals surface area contributed by atoms with Crippen LogP contribution in [0.2, 0.25) is 0 Å². The van der Waals surface area contributed by atoms with Crippen LogP contribution in [0.1, 0.15) is 12.8 Å². The van der Waals surface area contributed by atoms with Gasteiger partial charge in [0.05, 0.1) is 6.54 Å². The number of amides is 2. The van der Waals surface area contributed by atoms with Crippen LogP contribution in [0.4, 0.5) is 0 Å². The van der Waals surface area contributed by atoms with Crippen molar-refractivity contribution in [1.29, 1.82) is 0 Å². The van der Waals surface area contributed by atoms with Crippen LogP contribution >= 0.6 is 0 Å². The summed E-state index contributed by atoms with van der Waals surface area (Å²) in [7, 11) is 1.83. The van der Waals surface area contributed by atoms with Crippen molar-refractivity contribution in [1.82, 2.24) is 15.5 Å². The van der Waals surface area contributed by atoms with Gasteiger partial charge in [0.1, 0.15) is 6.04 Å². The van der Waals surface area contributed by atoms with E-state index in [2.05, 4.69) is 10.6 Å². The maximum Gasteiger partial charge on any atom is 0.241 e. The van der Waals surface area contributed by atoms with E-state index in [4.69, 9.17) is 0 Å². The number of piperazine rings is 1. The van der Waals surface area contributed by atoms with E-state index in [1.54, 1.807) is 4.90 Å². The van der Waals surface area contributed by atoms with Gasteiger partial charge in [-0.05, 0) is 18.8 Å². The van der Waals surface area contributed by atoms with E-state index >= 15 is 0 Å². The maximum absolute atomic E-state index is 11.9. The summed E-state index contributed by atoms with van der Waals surface area (Å²) in [5.41, 5.74) is 0. The molecule has 0 aromatic carbocycles. The summed E-state index contributed by atoms with van der Waals surface area (Å²) in [5, 5.41) is 5.63. The number of nitrogens with zero attached hydrogens (tertiary/aromatic N) is 1. The molecule has 1 aliphatic heterocycles. The summed E-state index contributed by atoms with van der Waals surface area (Å²) < 4.78 is 0. The second-order valence-electron chi connectivity index (χ2n) is 4.40. The highest BCUT2D eigenvalue weighted by Gasteiger charge is 2.30. The van der Waals surface area contributed by atoms with Crippen molar-refractivity contribution in [3.63, 3.8) is 0 Å². The van der Waals surface area contributed by atoms with Crippen LogP contribution in [-0.4, -0.2) is 49.4 Å². The highest BCUT2D eigenvalue weighted by atomic mass is 16.2. The minimum Gasteiger partial charge on any atom is -0.353 e. The van der Waals surface area contributed by atoms with Gasteiger partial charge in [0.2, 0.25) is 11.8 Å². The van der Waals surface area contributed by atoms with Gasteiger partial charge in [-0.1, -0.05) is 0 Å². The third-order valence-electron chi connectivity index (χ3n) is 2.92. The lowest BCUT2D eigenvalue weighted by molar-refractivity contribution is -0.133. The molecule has 0 aromatic rings. The zero-order chi connectivity index (χ0) is 10.8. The average molecular weight is 211 g/mol. The van der Waals surface area contributed by atoms with Gasteiger partial charge < -0.3 is 10.2 Å². The number of hydrogen-bond acceptors (Lipinski definition) is 3. The lowest BCUT2D eigenvalue weighted by Crippen LogP contribution is -2.58. The van der Waals surface area contributed by atoms with E-state index in [1.165, 1.54) is 12.8 Å². The topological polar surface area (TPSA) is 61.4 Å². The normalized spacial score (nSPS) is 25.9. The first-order chi connectivity index (χ1) is 7.16. The molecular weight excluding hydrogens is 194 g/mol. The van der Waals surface area contributed by atoms with E-state index in [0.29, 0.717) is 12.5 Å². The molecule has 1 atom stereocenters. The maximum atomic E-state index is 11.9. The molecule has 1 heterocycles. The predicted octanol–water partition coefficient (Wildman–Crippen LogP) is -1.06. The van der Waals surface area contributed by atoms with Gasteiger partial charge >= 0.3 is 0 Å². The minimum atomic E-state index is -0.244. The van der Waals surface area contributed by atoms with Gasteiger partial charge in [-0.15, -0.1) is 0 Å². The summed E-state index contributed by atoms with van der Waals surface area (Å²) in [5.74, 6) is 0.753. The van der Waals surface area contributed by atoms with Crippen LogP contribution in [0.3, 0.4) is 0 Å². The first kappa shape index (κ1) is 10.4. The molecule has 0 bridgehead atoms. The Hall–Kier alpha value is -1.10. The van der Waals surface area contributed by atoms with Gasteiger partial charge in [0, 0.05) is 20.1 Å². The summed E-state index contributed by atoms with van der Waals surface area (Å²) in [6.45, 7) is 1.51. The number of nitrogens with one attached hydrogen (secondary N) is 2. The Morgan fingerprint density at radius 1 is 1.53 bits per heavy atom. The number of likely N-dealkylation sites (N-methyl/N-ethyl adjacent to an activating group) is 1. The molecule has 84 valence electrons. The van der Waals surface area contributed by atoms with E-state index in [-0.39, 0.29) is 24.4 Å². The first-order valence-electron chi connectivity index (χ1n) is 5.42. The fourth-order valence-corrected chi connectivity index (χ4v) is 1.78. The quantitative estimate of drug-likeness (QED) is 0.626. The smallest absolute Gasteiger partial charge is 0.241 e. The van der Waals surface area contributed by atoms with Crippen LogP contribution in [0, 0.1) is 5.92 Å². The molecule has 0 aromatic heterocycles. The van der Waals surface area contributed by atoms with Crippen LogP contribution in [0.15, 0.2) is 0 Å². The molecule has 0 spiro atoms. The molecule has 1 unspecified atom stereocenters. The van der Waals surface area contributed by atoms with Gasteiger partial charge in [-0.2, -0.15) is 0 Å². The standard InChI is InChI=1S/C10H17N3O2/c1-13(6-7-2-3-7)10(15)8-4-12-9(14)5-11-8/h7-8,11H,2-6H2,1H3,(H,12,14). The molecule has 2 fully saturated rings. The van der Waals surface area contributed by atoms with Crippen LogP contribution in [-0.2, 0) is 9.59 Å². The van der Waals surface area contributed by atoms with E-state index in [1.807, 2.05) is 7.05 Å². The molecule has 0 radical (unpaired) electrons. The van der Waals surface area contributed by atoms with Crippen molar-refractivity contribution in [3.05, 3.63) is 0 Å². The summed E-state index contributed by atoms with van der Waals surface area (Å²) in [4.78, 5) is 24.5. The van der Waals surface area contributed by atoms with Crippen molar-refractivity contribution in [3.8, 4) is 0 Å². The second kappa shape index (κ2) is 4.18. The minimum absolute atomic E-state index is 0.0381. The second-order valence-corrected chi connectivity index (χ2v) is 4.40. The van der Waals surface area contributed by atoms with Gasteiger partial charge in [0.25, 0.3) is 0 Å². The van der Waals surface area contributed by atoms with Crippen LogP contribution < -0.4 is 10.6 Å². The Labute approximate surface area is 89.2 Å². The van der Waals surface area contributed by atoms with Crippen molar-refractivity contribution in [2.75, 3.05) is 26.7 Å². The first-order valence-corrected chi connectivity index (χ1v) is 5.42. The van der Waals surface area contributed by atoms with Crippen molar-refractivity contribution in [2.45, 2.75) is 18.9 Å². The molecule has 1 saturated heterocycles. The monoisotopic (exact) mass is 211 g/mol. The summed E-state index contributed by atoms with van der Waals surface area (Å²) in [6.07, 6.45) is 2.49. The Morgan fingerprint density at radius 3 is 2.80 bits per heavy atom. The third-order valence-corrected chi connectivity index (χ3v) is 2.92. The highest BCUT2D eigenvalue weighted by molar-refractivity contribution is 5.86. The number of carbonyl (C=O) groups is 2. The van der Waals surface area contributed by atoms with Crippen LogP contribution in [0.25, 0.3) is 0 Å². The molecule has 5 nitrogen and oxygen atoms in total. The Balaban J connectivity index is 1.80. The Bertz CT molecular complexity index is 266. The molecule has 1 aliphatic carbocycles. The fourth-order valence-electron chi connectivity index (χ4n) is 1.78. The predicted molar refractivity (Wildman–Crippen MR) is 55.2 cm³/mol. The largest absolute Gasteiger partial charge is 0.353 e.